The molecule has 0 saturated heterocycles. The number of benzene rings is 1. The molecule has 0 aliphatic carbocycles. The Kier molecular flexibility index (Phi) is 3.05. The topological polar surface area (TPSA) is 43.1 Å². The van der Waals surface area contributed by atoms with E-state index in [-0.39, 0.29) is 0 Å². The second-order valence-corrected chi connectivity index (χ2v) is 3.41. The average molecular weight is 250 g/mol. The van der Waals surface area contributed by atoms with E-state index in [0.29, 0.717) is 10.0 Å². The molecule has 1 rings (SSSR count). The zero-order valence-electron chi connectivity index (χ0n) is 5.91. The average Bonchev–Trinajstić information content (AvgIpc) is 2.04. The Morgan fingerprint density at radius 3 is 2.58 bits per heavy atom. The summed E-state index contributed by atoms with van der Waals surface area (Å²) in [5, 5.41) is 10.3. The fourth-order valence-corrected chi connectivity index (χ4v) is 1.61. The van der Waals surface area contributed by atoms with Gasteiger partial charge in [-0.1, -0.05) is 28.1 Å². The highest BCUT2D eigenvalue weighted by molar-refractivity contribution is 9.10. The van der Waals surface area contributed by atoms with Gasteiger partial charge >= 0.3 is 5.50 Å². The number of hydrogen-bond donors (Lipinski definition) is 0. The van der Waals surface area contributed by atoms with Crippen LogP contribution in [-0.2, 0) is 0 Å². The van der Waals surface area contributed by atoms with Gasteiger partial charge in [-0.2, -0.15) is 0 Å². The summed E-state index contributed by atoms with van der Waals surface area (Å²) in [5.74, 6) is 0. The summed E-state index contributed by atoms with van der Waals surface area (Å²) in [5.41, 5.74) is -0.704. The molecule has 5 heteroatoms. The van der Waals surface area contributed by atoms with E-state index in [1.165, 1.54) is 0 Å². The molecule has 0 spiro atoms. The Hall–Kier alpha value is -0.610. The number of halogens is 2. The van der Waals surface area contributed by atoms with Crippen molar-refractivity contribution in [3.8, 4) is 0 Å². The zero-order valence-corrected chi connectivity index (χ0v) is 8.25. The summed E-state index contributed by atoms with van der Waals surface area (Å²) < 4.78 is 0.654. The van der Waals surface area contributed by atoms with E-state index >= 15 is 0 Å². The van der Waals surface area contributed by atoms with Crippen LogP contribution in [0.1, 0.15) is 11.1 Å². The van der Waals surface area contributed by atoms with Gasteiger partial charge in [0.1, 0.15) is 0 Å². The Balaban J connectivity index is 3.02. The van der Waals surface area contributed by atoms with Crippen LogP contribution in [-0.4, -0.2) is 4.92 Å². The predicted octanol–water partition coefficient (Wildman–Crippen LogP) is 2.96. The number of rotatable bonds is 2. The van der Waals surface area contributed by atoms with Crippen LogP contribution in [0.25, 0.3) is 0 Å². The van der Waals surface area contributed by atoms with Crippen molar-refractivity contribution < 1.29 is 4.92 Å². The van der Waals surface area contributed by atoms with Gasteiger partial charge in [0.15, 0.2) is 0 Å². The van der Waals surface area contributed by atoms with Gasteiger partial charge in [-0.3, -0.25) is 10.1 Å². The number of nitrogens with zero attached hydrogens (tertiary/aromatic N) is 1. The lowest BCUT2D eigenvalue weighted by atomic mass is 10.2. The molecule has 0 aromatic heterocycles. The molecule has 12 heavy (non-hydrogen) atoms. The molecule has 1 unspecified atom stereocenters. The molecule has 0 amide bonds. The Morgan fingerprint density at radius 2 is 2.08 bits per heavy atom. The second kappa shape index (κ2) is 3.87. The maximum Gasteiger partial charge on any atom is 0.312 e. The van der Waals surface area contributed by atoms with Crippen LogP contribution >= 0.6 is 27.5 Å². The third-order valence-electron chi connectivity index (χ3n) is 1.35. The van der Waals surface area contributed by atoms with E-state index in [0.717, 1.165) is 0 Å². The van der Waals surface area contributed by atoms with Gasteiger partial charge in [-0.05, 0) is 23.7 Å². The first-order chi connectivity index (χ1) is 5.63. The van der Waals surface area contributed by atoms with Crippen LogP contribution in [0, 0.1) is 10.1 Å². The minimum atomic E-state index is -1.18. The SMILES string of the molecule is O=[N+]([O-])C(Cl)c1ccccc1Br. The molecule has 0 heterocycles. The fraction of sp³-hybridized carbons (Fsp3) is 0.143. The standard InChI is InChI=1S/C7H5BrClNO2/c8-6-4-2-1-3-5(6)7(9)10(11)12/h1-4,7H. The molecule has 0 saturated carbocycles. The molecule has 0 aliphatic rings. The monoisotopic (exact) mass is 249 g/mol. The number of nitro groups is 1. The van der Waals surface area contributed by atoms with E-state index in [1.807, 2.05) is 0 Å². The molecular formula is C7H5BrClNO2. The molecule has 1 aromatic rings. The van der Waals surface area contributed by atoms with Gasteiger partial charge in [0.05, 0.1) is 5.56 Å². The quantitative estimate of drug-likeness (QED) is 0.350. The number of hydrogen-bond acceptors (Lipinski definition) is 2. The van der Waals surface area contributed by atoms with Crippen molar-refractivity contribution in [2.24, 2.45) is 0 Å². The van der Waals surface area contributed by atoms with Crippen LogP contribution in [0.15, 0.2) is 28.7 Å². The van der Waals surface area contributed by atoms with Crippen molar-refractivity contribution in [2.75, 3.05) is 0 Å². The van der Waals surface area contributed by atoms with Crippen molar-refractivity contribution >= 4 is 27.5 Å². The van der Waals surface area contributed by atoms with Crippen LogP contribution in [0.2, 0.25) is 0 Å². The molecule has 64 valence electrons. The van der Waals surface area contributed by atoms with Crippen molar-refractivity contribution in [1.82, 2.24) is 0 Å². The summed E-state index contributed by atoms with van der Waals surface area (Å²) in [7, 11) is 0. The fourth-order valence-electron chi connectivity index (χ4n) is 0.782. The highest BCUT2D eigenvalue weighted by Gasteiger charge is 2.20. The highest BCUT2D eigenvalue weighted by atomic mass is 79.9. The van der Waals surface area contributed by atoms with Crippen LogP contribution in [0.5, 0.6) is 0 Å². The summed E-state index contributed by atoms with van der Waals surface area (Å²) in [6.45, 7) is 0. The van der Waals surface area contributed by atoms with E-state index < -0.39 is 10.4 Å². The van der Waals surface area contributed by atoms with Crippen molar-refractivity contribution in [3.05, 3.63) is 44.4 Å². The van der Waals surface area contributed by atoms with E-state index in [1.54, 1.807) is 24.3 Å². The minimum absolute atomic E-state index is 0.476. The zero-order chi connectivity index (χ0) is 9.14. The van der Waals surface area contributed by atoms with Gasteiger partial charge in [-0.15, -0.1) is 0 Å². The molecular weight excluding hydrogens is 245 g/mol. The molecule has 0 N–H and O–H groups in total. The minimum Gasteiger partial charge on any atom is -0.263 e. The van der Waals surface area contributed by atoms with Crippen LogP contribution in [0.4, 0.5) is 0 Å². The third-order valence-corrected chi connectivity index (χ3v) is 2.46. The molecule has 0 fully saturated rings. The molecule has 1 aromatic carbocycles. The van der Waals surface area contributed by atoms with Gasteiger partial charge in [-0.25, -0.2) is 0 Å². The predicted molar refractivity (Wildman–Crippen MR) is 49.7 cm³/mol. The van der Waals surface area contributed by atoms with Crippen LogP contribution in [0.3, 0.4) is 0 Å². The molecule has 0 bridgehead atoms. The van der Waals surface area contributed by atoms with E-state index in [9.17, 15) is 10.1 Å². The summed E-state index contributed by atoms with van der Waals surface area (Å²) in [4.78, 5) is 9.76. The van der Waals surface area contributed by atoms with Crippen molar-refractivity contribution in [1.29, 1.82) is 0 Å². The lowest BCUT2D eigenvalue weighted by molar-refractivity contribution is -0.503. The first-order valence-corrected chi connectivity index (χ1v) is 4.38. The third kappa shape index (κ3) is 1.95. The van der Waals surface area contributed by atoms with Gasteiger partial charge in [0.25, 0.3) is 0 Å². The normalized spacial score (nSPS) is 12.5. The maximum atomic E-state index is 10.3. The molecule has 0 aliphatic heterocycles. The number of alkyl halides is 1. The van der Waals surface area contributed by atoms with E-state index in [4.69, 9.17) is 11.6 Å². The van der Waals surface area contributed by atoms with Crippen molar-refractivity contribution in [3.63, 3.8) is 0 Å². The second-order valence-electron chi connectivity index (χ2n) is 2.14. The van der Waals surface area contributed by atoms with Gasteiger partial charge in [0.2, 0.25) is 0 Å². The molecule has 1 atom stereocenters. The first-order valence-electron chi connectivity index (χ1n) is 3.15. The Labute approximate surface area is 82.6 Å². The lowest BCUT2D eigenvalue weighted by Gasteiger charge is -2.02. The summed E-state index contributed by atoms with van der Waals surface area (Å²) >= 11 is 8.69. The van der Waals surface area contributed by atoms with Gasteiger partial charge < -0.3 is 0 Å². The molecule has 3 nitrogen and oxygen atoms in total. The maximum absolute atomic E-state index is 10.3. The van der Waals surface area contributed by atoms with Gasteiger partial charge in [0, 0.05) is 9.40 Å². The largest absolute Gasteiger partial charge is 0.312 e. The van der Waals surface area contributed by atoms with E-state index in [2.05, 4.69) is 15.9 Å². The summed E-state index contributed by atoms with van der Waals surface area (Å²) in [6, 6.07) is 6.81. The Bertz CT molecular complexity index is 305. The Morgan fingerprint density at radius 1 is 1.50 bits per heavy atom. The summed E-state index contributed by atoms with van der Waals surface area (Å²) in [6.07, 6.45) is 0. The first kappa shape index (κ1) is 9.48. The molecule has 0 radical (unpaired) electrons. The highest BCUT2D eigenvalue weighted by Crippen LogP contribution is 2.27. The lowest BCUT2D eigenvalue weighted by Crippen LogP contribution is -2.03. The van der Waals surface area contributed by atoms with Crippen molar-refractivity contribution in [2.45, 2.75) is 5.50 Å². The smallest absolute Gasteiger partial charge is 0.263 e. The van der Waals surface area contributed by atoms with Crippen LogP contribution < -0.4 is 0 Å².